The molecule has 1 N–H and O–H groups in total. The Morgan fingerprint density at radius 1 is 1.26 bits per heavy atom. The van der Waals surface area contributed by atoms with Gasteiger partial charge in [-0.15, -0.1) is 0 Å². The molecule has 1 aliphatic rings. The van der Waals surface area contributed by atoms with E-state index in [1.54, 1.807) is 18.5 Å². The number of nitrogens with zero attached hydrogens (tertiary/aromatic N) is 3. The largest absolute Gasteiger partial charge is 0.493 e. The zero-order valence-corrected chi connectivity index (χ0v) is 12.6. The maximum Gasteiger partial charge on any atom is 0.137 e. The average Bonchev–Trinajstić information content (AvgIpc) is 3.05. The first-order valence-electron chi connectivity index (χ1n) is 7.46. The molecule has 2 aromatic heterocycles. The molecule has 0 fully saturated rings. The Kier molecular flexibility index (Phi) is 3.29. The van der Waals surface area contributed by atoms with Crippen molar-refractivity contribution in [1.29, 1.82) is 0 Å². The molecule has 4 rings (SSSR count). The highest BCUT2D eigenvalue weighted by molar-refractivity contribution is 5.90. The predicted molar refractivity (Wildman–Crippen MR) is 85.0 cm³/mol. The van der Waals surface area contributed by atoms with Gasteiger partial charge >= 0.3 is 0 Å². The molecule has 0 saturated carbocycles. The van der Waals surface area contributed by atoms with Crippen molar-refractivity contribution >= 4 is 16.7 Å². The molecule has 116 valence electrons. The van der Waals surface area contributed by atoms with Crippen LogP contribution >= 0.6 is 0 Å². The Bertz CT molecular complexity index is 897. The average molecular weight is 310 g/mol. The lowest BCUT2D eigenvalue weighted by Crippen LogP contribution is -2.07. The van der Waals surface area contributed by atoms with Gasteiger partial charge in [-0.2, -0.15) is 0 Å². The van der Waals surface area contributed by atoms with Crippen LogP contribution in [0.15, 0.2) is 30.9 Å². The molecular formula is C17H15FN4O. The number of nitrogens with one attached hydrogen (secondary N) is 1. The molecule has 23 heavy (non-hydrogen) atoms. The van der Waals surface area contributed by atoms with Crippen molar-refractivity contribution < 1.29 is 9.13 Å². The van der Waals surface area contributed by atoms with Gasteiger partial charge in [-0.1, -0.05) is 0 Å². The van der Waals surface area contributed by atoms with Crippen LogP contribution in [0.5, 0.6) is 5.75 Å². The fourth-order valence-corrected chi connectivity index (χ4v) is 2.93. The molecule has 3 aromatic rings. The fraction of sp³-hybridized carbons (Fsp3) is 0.235. The zero-order valence-electron chi connectivity index (χ0n) is 12.6. The molecule has 0 spiro atoms. The van der Waals surface area contributed by atoms with E-state index < -0.39 is 0 Å². The number of aromatic nitrogens is 3. The summed E-state index contributed by atoms with van der Waals surface area (Å²) in [5, 5.41) is 4.05. The maximum absolute atomic E-state index is 14.2. The van der Waals surface area contributed by atoms with Crippen molar-refractivity contribution in [3.63, 3.8) is 0 Å². The first-order chi connectivity index (χ1) is 11.2. The first-order valence-corrected chi connectivity index (χ1v) is 7.46. The number of halogens is 1. The normalized spacial score (nSPS) is 13.0. The molecule has 1 aromatic carbocycles. The second-order valence-corrected chi connectivity index (χ2v) is 5.53. The topological polar surface area (TPSA) is 59.9 Å². The summed E-state index contributed by atoms with van der Waals surface area (Å²) in [7, 11) is 0. The number of pyridine rings is 1. The Hall–Kier alpha value is -2.76. The highest BCUT2D eigenvalue weighted by Crippen LogP contribution is 2.31. The second-order valence-electron chi connectivity index (χ2n) is 5.53. The summed E-state index contributed by atoms with van der Waals surface area (Å²) in [5.74, 6) is 1.20. The number of benzene rings is 1. The van der Waals surface area contributed by atoms with Gasteiger partial charge in [0.05, 0.1) is 17.5 Å². The van der Waals surface area contributed by atoms with Gasteiger partial charge in [0, 0.05) is 36.5 Å². The van der Waals surface area contributed by atoms with Gasteiger partial charge in [-0.25, -0.2) is 19.3 Å². The number of ether oxygens (including phenoxy) is 1. The Balaban J connectivity index is 1.69. The van der Waals surface area contributed by atoms with E-state index in [0.29, 0.717) is 24.5 Å². The minimum absolute atomic E-state index is 0.227. The van der Waals surface area contributed by atoms with Crippen LogP contribution in [0, 0.1) is 12.7 Å². The van der Waals surface area contributed by atoms with E-state index in [2.05, 4.69) is 20.3 Å². The summed E-state index contributed by atoms with van der Waals surface area (Å²) in [5.41, 5.74) is 3.39. The molecular weight excluding hydrogens is 295 g/mol. The Morgan fingerprint density at radius 2 is 2.17 bits per heavy atom. The standard InChI is InChI=1S/C17H15FN4O/c1-10-6-20-17(13-7-19-9-22-16(10)13)21-8-12-11-4-5-23-15(11)3-2-14(12)18/h2-3,6-7,9H,4-5,8H2,1H3,(H,20,21). The van der Waals surface area contributed by atoms with Crippen molar-refractivity contribution in [3.05, 3.63) is 53.4 Å². The third-order valence-electron chi connectivity index (χ3n) is 4.10. The van der Waals surface area contributed by atoms with Crippen LogP contribution in [0.1, 0.15) is 16.7 Å². The van der Waals surface area contributed by atoms with Gasteiger partial charge in [0.2, 0.25) is 0 Å². The molecule has 0 bridgehead atoms. The second kappa shape index (κ2) is 5.46. The van der Waals surface area contributed by atoms with Gasteiger partial charge in [0.15, 0.2) is 0 Å². The molecule has 0 aliphatic carbocycles. The molecule has 6 heteroatoms. The SMILES string of the molecule is Cc1cnc(NCc2c(F)ccc3c2CCO3)c2cncnc12. The molecule has 0 unspecified atom stereocenters. The minimum Gasteiger partial charge on any atom is -0.493 e. The van der Waals surface area contributed by atoms with E-state index in [9.17, 15) is 4.39 Å². The number of rotatable bonds is 3. The molecule has 0 amide bonds. The third-order valence-corrected chi connectivity index (χ3v) is 4.10. The van der Waals surface area contributed by atoms with Gasteiger partial charge in [-0.05, 0) is 24.6 Å². The Morgan fingerprint density at radius 3 is 3.09 bits per heavy atom. The van der Waals surface area contributed by atoms with Crippen LogP contribution in [0.25, 0.3) is 10.9 Å². The number of hydrogen-bond donors (Lipinski definition) is 1. The third kappa shape index (κ3) is 2.36. The number of aryl methyl sites for hydroxylation is 1. The molecule has 0 radical (unpaired) electrons. The lowest BCUT2D eigenvalue weighted by molar-refractivity contribution is 0.356. The number of hydrogen-bond acceptors (Lipinski definition) is 5. The molecule has 1 aliphatic heterocycles. The summed E-state index contributed by atoms with van der Waals surface area (Å²) >= 11 is 0. The van der Waals surface area contributed by atoms with Crippen LogP contribution in [0.3, 0.4) is 0 Å². The van der Waals surface area contributed by atoms with Crippen LogP contribution in [0.2, 0.25) is 0 Å². The minimum atomic E-state index is -0.227. The highest BCUT2D eigenvalue weighted by Gasteiger charge is 2.19. The maximum atomic E-state index is 14.2. The van der Waals surface area contributed by atoms with Gasteiger partial charge in [-0.3, -0.25) is 0 Å². The summed E-state index contributed by atoms with van der Waals surface area (Å²) in [4.78, 5) is 12.7. The van der Waals surface area contributed by atoms with E-state index in [1.807, 2.05) is 6.92 Å². The van der Waals surface area contributed by atoms with Crippen molar-refractivity contribution in [3.8, 4) is 5.75 Å². The summed E-state index contributed by atoms with van der Waals surface area (Å²) in [6, 6.07) is 3.14. The van der Waals surface area contributed by atoms with Gasteiger partial charge in [0.25, 0.3) is 0 Å². The number of anilines is 1. The van der Waals surface area contributed by atoms with E-state index in [0.717, 1.165) is 34.2 Å². The van der Waals surface area contributed by atoms with Crippen molar-refractivity contribution in [1.82, 2.24) is 15.0 Å². The van der Waals surface area contributed by atoms with Crippen molar-refractivity contribution in [2.45, 2.75) is 19.9 Å². The van der Waals surface area contributed by atoms with Crippen LogP contribution in [-0.4, -0.2) is 21.6 Å². The summed E-state index contributed by atoms with van der Waals surface area (Å²) in [6.45, 7) is 2.90. The summed E-state index contributed by atoms with van der Waals surface area (Å²) in [6.07, 6.45) is 5.72. The van der Waals surface area contributed by atoms with Crippen LogP contribution in [-0.2, 0) is 13.0 Å². The smallest absolute Gasteiger partial charge is 0.137 e. The number of fused-ring (bicyclic) bond motifs is 2. The van der Waals surface area contributed by atoms with Crippen molar-refractivity contribution in [2.24, 2.45) is 0 Å². The molecule has 3 heterocycles. The molecule has 5 nitrogen and oxygen atoms in total. The van der Waals surface area contributed by atoms with Crippen LogP contribution in [0.4, 0.5) is 10.2 Å². The molecule has 0 atom stereocenters. The monoisotopic (exact) mass is 310 g/mol. The zero-order chi connectivity index (χ0) is 15.8. The summed E-state index contributed by atoms with van der Waals surface area (Å²) < 4.78 is 19.7. The van der Waals surface area contributed by atoms with E-state index in [1.165, 1.54) is 12.4 Å². The first kappa shape index (κ1) is 13.9. The van der Waals surface area contributed by atoms with E-state index in [4.69, 9.17) is 4.74 Å². The Labute approximate surface area is 132 Å². The van der Waals surface area contributed by atoms with E-state index >= 15 is 0 Å². The fourth-order valence-electron chi connectivity index (χ4n) is 2.93. The van der Waals surface area contributed by atoms with E-state index in [-0.39, 0.29) is 5.82 Å². The van der Waals surface area contributed by atoms with Crippen LogP contribution < -0.4 is 10.1 Å². The highest BCUT2D eigenvalue weighted by atomic mass is 19.1. The van der Waals surface area contributed by atoms with Gasteiger partial charge < -0.3 is 10.1 Å². The quantitative estimate of drug-likeness (QED) is 0.806. The predicted octanol–water partition coefficient (Wildman–Crippen LogP) is 3.02. The van der Waals surface area contributed by atoms with Gasteiger partial charge in [0.1, 0.15) is 23.7 Å². The lowest BCUT2D eigenvalue weighted by atomic mass is 10.0. The molecule has 0 saturated heterocycles. The lowest BCUT2D eigenvalue weighted by Gasteiger charge is -2.12. The van der Waals surface area contributed by atoms with Crippen molar-refractivity contribution in [2.75, 3.05) is 11.9 Å².